The highest BCUT2D eigenvalue weighted by Crippen LogP contribution is 2.29. The molecular formula is C13H11FN2O2. The van der Waals surface area contributed by atoms with Crippen molar-refractivity contribution in [1.82, 2.24) is 4.98 Å². The van der Waals surface area contributed by atoms with Crippen LogP contribution in [0.4, 0.5) is 4.39 Å². The number of benzene rings is 1. The highest BCUT2D eigenvalue weighted by Gasteiger charge is 2.42. The summed E-state index contributed by atoms with van der Waals surface area (Å²) < 4.78 is 19.7. The first-order valence-electron chi connectivity index (χ1n) is 5.26. The van der Waals surface area contributed by atoms with Crippen LogP contribution in [0.15, 0.2) is 54.9 Å². The van der Waals surface area contributed by atoms with Crippen LogP contribution in [-0.2, 0) is 10.6 Å². The number of nitrogens with zero attached hydrogens (tertiary/aromatic N) is 1. The van der Waals surface area contributed by atoms with Crippen molar-refractivity contribution >= 4 is 5.91 Å². The summed E-state index contributed by atoms with van der Waals surface area (Å²) in [7, 11) is 0. The molecule has 0 radical (unpaired) electrons. The number of hydrogen-bond acceptors (Lipinski definition) is 3. The fourth-order valence-corrected chi connectivity index (χ4v) is 1.46. The van der Waals surface area contributed by atoms with Crippen LogP contribution in [0.25, 0.3) is 0 Å². The lowest BCUT2D eigenvalue weighted by Crippen LogP contribution is -2.42. The predicted molar refractivity (Wildman–Crippen MR) is 63.3 cm³/mol. The first-order chi connectivity index (χ1) is 8.63. The van der Waals surface area contributed by atoms with E-state index in [9.17, 15) is 9.18 Å². The summed E-state index contributed by atoms with van der Waals surface area (Å²) in [6, 6.07) is 11.0. The van der Waals surface area contributed by atoms with Crippen LogP contribution >= 0.6 is 0 Å². The molecule has 5 heteroatoms. The number of nitrogens with two attached hydrogens (primary N) is 1. The normalized spacial score (nSPS) is 13.6. The largest absolute Gasteiger partial charge is 0.446 e. The lowest BCUT2D eigenvalue weighted by Gasteiger charge is -2.23. The molecule has 0 spiro atoms. The van der Waals surface area contributed by atoms with E-state index in [2.05, 4.69) is 4.98 Å². The minimum atomic E-state index is -2.73. The van der Waals surface area contributed by atoms with Crippen molar-refractivity contribution in [2.45, 2.75) is 5.85 Å². The summed E-state index contributed by atoms with van der Waals surface area (Å²) in [4.78, 5) is 15.1. The Hall–Kier alpha value is -2.43. The van der Waals surface area contributed by atoms with Gasteiger partial charge in [0.15, 0.2) is 0 Å². The molecule has 1 unspecified atom stereocenters. The number of carbonyl (C=O) groups excluding carboxylic acids is 1. The fourth-order valence-electron chi connectivity index (χ4n) is 1.46. The molecule has 1 amide bonds. The van der Waals surface area contributed by atoms with E-state index in [-0.39, 0.29) is 11.3 Å². The lowest BCUT2D eigenvalue weighted by molar-refractivity contribution is -0.152. The number of amides is 1. The highest BCUT2D eigenvalue weighted by molar-refractivity contribution is 5.83. The van der Waals surface area contributed by atoms with E-state index in [1.54, 1.807) is 18.2 Å². The second-order valence-electron chi connectivity index (χ2n) is 3.62. The SMILES string of the molecule is NC(=O)C(F)(Oc1ccccc1)c1cccnc1. The van der Waals surface area contributed by atoms with Crippen molar-refractivity contribution in [2.24, 2.45) is 5.73 Å². The monoisotopic (exact) mass is 246 g/mol. The highest BCUT2D eigenvalue weighted by atomic mass is 19.2. The zero-order valence-corrected chi connectivity index (χ0v) is 9.42. The molecule has 0 fully saturated rings. The molecule has 0 saturated carbocycles. The van der Waals surface area contributed by atoms with Gasteiger partial charge in [-0.1, -0.05) is 18.2 Å². The van der Waals surface area contributed by atoms with E-state index >= 15 is 0 Å². The Morgan fingerprint density at radius 2 is 1.94 bits per heavy atom. The Labute approximate surface area is 103 Å². The van der Waals surface area contributed by atoms with Crippen molar-refractivity contribution in [3.8, 4) is 5.75 Å². The molecule has 2 rings (SSSR count). The van der Waals surface area contributed by atoms with Gasteiger partial charge in [-0.2, -0.15) is 4.39 Å². The van der Waals surface area contributed by atoms with Crippen LogP contribution in [0, 0.1) is 0 Å². The third kappa shape index (κ3) is 2.29. The van der Waals surface area contributed by atoms with Gasteiger partial charge < -0.3 is 10.5 Å². The van der Waals surface area contributed by atoms with E-state index in [1.807, 2.05) is 0 Å². The maximum atomic E-state index is 14.6. The summed E-state index contributed by atoms with van der Waals surface area (Å²) in [5, 5.41) is 0. The molecule has 1 atom stereocenters. The van der Waals surface area contributed by atoms with Crippen molar-refractivity contribution in [3.63, 3.8) is 0 Å². The lowest BCUT2D eigenvalue weighted by atomic mass is 10.1. The van der Waals surface area contributed by atoms with E-state index in [0.717, 1.165) is 0 Å². The molecule has 0 aliphatic rings. The molecule has 2 aromatic rings. The van der Waals surface area contributed by atoms with E-state index < -0.39 is 11.8 Å². The number of rotatable bonds is 4. The van der Waals surface area contributed by atoms with Crippen molar-refractivity contribution < 1.29 is 13.9 Å². The standard InChI is InChI=1S/C13H11FN2O2/c14-13(12(15)17,10-5-4-8-16-9-10)18-11-6-2-1-3-7-11/h1-9H,(H2,15,17). The maximum Gasteiger partial charge on any atom is 0.355 e. The number of ether oxygens (including phenoxy) is 1. The van der Waals surface area contributed by atoms with Crippen molar-refractivity contribution in [2.75, 3.05) is 0 Å². The van der Waals surface area contributed by atoms with Gasteiger partial charge >= 0.3 is 5.85 Å². The topological polar surface area (TPSA) is 65.2 Å². The molecule has 18 heavy (non-hydrogen) atoms. The summed E-state index contributed by atoms with van der Waals surface area (Å²) in [5.74, 6) is -3.74. The molecule has 1 aromatic carbocycles. The smallest absolute Gasteiger partial charge is 0.355 e. The Kier molecular flexibility index (Phi) is 3.23. The Balaban J connectivity index is 2.37. The first-order valence-corrected chi connectivity index (χ1v) is 5.26. The number of hydrogen-bond donors (Lipinski definition) is 1. The third-order valence-corrected chi connectivity index (χ3v) is 2.35. The molecule has 92 valence electrons. The van der Waals surface area contributed by atoms with Gasteiger partial charge in [0.1, 0.15) is 5.75 Å². The van der Waals surface area contributed by atoms with Crippen LogP contribution < -0.4 is 10.5 Å². The zero-order chi connectivity index (χ0) is 13.0. The summed E-state index contributed by atoms with van der Waals surface area (Å²) >= 11 is 0. The number of primary amides is 1. The van der Waals surface area contributed by atoms with Crippen molar-refractivity contribution in [1.29, 1.82) is 0 Å². The van der Waals surface area contributed by atoms with Crippen LogP contribution in [0.1, 0.15) is 5.56 Å². The van der Waals surface area contributed by atoms with Crippen LogP contribution in [-0.4, -0.2) is 10.9 Å². The van der Waals surface area contributed by atoms with E-state index in [1.165, 1.54) is 36.7 Å². The second-order valence-corrected chi connectivity index (χ2v) is 3.62. The molecule has 0 bridgehead atoms. The molecule has 4 nitrogen and oxygen atoms in total. The Morgan fingerprint density at radius 1 is 1.22 bits per heavy atom. The number of carbonyl (C=O) groups is 1. The number of alkyl halides is 1. The van der Waals surface area contributed by atoms with Gasteiger partial charge in [-0.3, -0.25) is 9.78 Å². The van der Waals surface area contributed by atoms with Crippen molar-refractivity contribution in [3.05, 3.63) is 60.4 Å². The quantitative estimate of drug-likeness (QED) is 0.894. The number of halogens is 1. The minimum absolute atomic E-state index is 0.0404. The predicted octanol–water partition coefficient (Wildman–Crippen LogP) is 1.77. The fraction of sp³-hybridized carbons (Fsp3) is 0.0769. The van der Waals surface area contributed by atoms with E-state index in [4.69, 9.17) is 10.5 Å². The van der Waals surface area contributed by atoms with E-state index in [0.29, 0.717) is 0 Å². The molecule has 0 aliphatic heterocycles. The molecule has 1 heterocycles. The van der Waals surface area contributed by atoms with Crippen LogP contribution in [0.5, 0.6) is 5.75 Å². The summed E-state index contributed by atoms with van der Waals surface area (Å²) in [5.41, 5.74) is 5.04. The minimum Gasteiger partial charge on any atom is -0.446 e. The van der Waals surface area contributed by atoms with Gasteiger partial charge in [-0.25, -0.2) is 0 Å². The number of para-hydroxylation sites is 1. The number of pyridine rings is 1. The zero-order valence-electron chi connectivity index (χ0n) is 9.42. The average Bonchev–Trinajstić information content (AvgIpc) is 2.40. The third-order valence-electron chi connectivity index (χ3n) is 2.35. The molecule has 1 aromatic heterocycles. The van der Waals surface area contributed by atoms with Crippen LogP contribution in [0.2, 0.25) is 0 Å². The van der Waals surface area contributed by atoms with Gasteiger partial charge in [0, 0.05) is 12.4 Å². The molecule has 0 saturated heterocycles. The summed E-state index contributed by atoms with van der Waals surface area (Å²) in [6.45, 7) is 0. The van der Waals surface area contributed by atoms with Gasteiger partial charge in [0.25, 0.3) is 5.91 Å². The first kappa shape index (κ1) is 12.0. The second kappa shape index (κ2) is 4.83. The molecule has 0 aliphatic carbocycles. The molecule has 2 N–H and O–H groups in total. The average molecular weight is 246 g/mol. The Bertz CT molecular complexity index is 533. The van der Waals surface area contributed by atoms with Gasteiger partial charge in [0.05, 0.1) is 5.56 Å². The molecular weight excluding hydrogens is 235 g/mol. The number of aromatic nitrogens is 1. The van der Waals surface area contributed by atoms with Gasteiger partial charge in [-0.15, -0.1) is 0 Å². The Morgan fingerprint density at radius 3 is 2.50 bits per heavy atom. The van der Waals surface area contributed by atoms with Gasteiger partial charge in [0.2, 0.25) is 0 Å². The maximum absolute atomic E-state index is 14.6. The van der Waals surface area contributed by atoms with Gasteiger partial charge in [-0.05, 0) is 24.3 Å². The van der Waals surface area contributed by atoms with Crippen LogP contribution in [0.3, 0.4) is 0 Å². The summed E-state index contributed by atoms with van der Waals surface area (Å²) in [6.07, 6.45) is 2.67.